The lowest BCUT2D eigenvalue weighted by Gasteiger charge is -2.57. The Morgan fingerprint density at radius 2 is 1.87 bits per heavy atom. The number of rotatable bonds is 4. The van der Waals surface area contributed by atoms with Crippen LogP contribution in [-0.2, 0) is 19.1 Å². The molecule has 30 heavy (non-hydrogen) atoms. The van der Waals surface area contributed by atoms with Crippen molar-refractivity contribution >= 4 is 17.5 Å². The van der Waals surface area contributed by atoms with Gasteiger partial charge < -0.3 is 14.9 Å². The third-order valence-corrected chi connectivity index (χ3v) is 8.90. The first-order chi connectivity index (χ1) is 14.1. The van der Waals surface area contributed by atoms with E-state index in [9.17, 15) is 24.6 Å². The maximum atomic E-state index is 12.9. The lowest BCUT2D eigenvalue weighted by atomic mass is 9.47. The Morgan fingerprint density at radius 1 is 1.13 bits per heavy atom. The van der Waals surface area contributed by atoms with E-state index < -0.39 is 17.0 Å². The first-order valence-corrected chi connectivity index (χ1v) is 11.2. The summed E-state index contributed by atoms with van der Waals surface area (Å²) in [5, 5.41) is 21.0. The van der Waals surface area contributed by atoms with E-state index in [1.165, 1.54) is 6.08 Å². The number of carbonyl (C=O) groups excluding carboxylic acids is 3. The molecule has 3 saturated carbocycles. The number of ether oxygens (including phenoxy) is 1. The van der Waals surface area contributed by atoms with Gasteiger partial charge in [-0.05, 0) is 74.7 Å². The number of allylic oxidation sites excluding steroid dienone is 2. The Kier molecular flexibility index (Phi) is 5.10. The third kappa shape index (κ3) is 2.86. The number of esters is 1. The van der Waals surface area contributed by atoms with Crippen molar-refractivity contribution in [3.63, 3.8) is 0 Å². The summed E-state index contributed by atoms with van der Waals surface area (Å²) in [5.41, 5.74) is 0.0751. The molecule has 6 atom stereocenters. The molecule has 0 aliphatic heterocycles. The van der Waals surface area contributed by atoms with E-state index >= 15 is 0 Å². The molecule has 0 aromatic rings. The Labute approximate surface area is 177 Å². The molecule has 4 aliphatic carbocycles. The van der Waals surface area contributed by atoms with Crippen molar-refractivity contribution in [3.8, 4) is 0 Å². The molecule has 0 radical (unpaired) electrons. The first kappa shape index (κ1) is 21.1. The highest BCUT2D eigenvalue weighted by molar-refractivity contribution is 6.04. The van der Waals surface area contributed by atoms with Gasteiger partial charge in [0.1, 0.15) is 12.4 Å². The maximum Gasteiger partial charge on any atom is 0.305 e. The highest BCUT2D eigenvalue weighted by Crippen LogP contribution is 2.67. The van der Waals surface area contributed by atoms with Gasteiger partial charge in [0, 0.05) is 12.3 Å². The summed E-state index contributed by atoms with van der Waals surface area (Å²) in [6, 6.07) is 0. The molecule has 164 valence electrons. The van der Waals surface area contributed by atoms with Gasteiger partial charge in [-0.25, -0.2) is 0 Å². The molecule has 6 heteroatoms. The second kappa shape index (κ2) is 7.24. The maximum absolute atomic E-state index is 12.9. The molecule has 6 nitrogen and oxygen atoms in total. The zero-order valence-corrected chi connectivity index (χ0v) is 18.1. The molecule has 4 rings (SSSR count). The van der Waals surface area contributed by atoms with E-state index in [0.717, 1.165) is 44.1 Å². The van der Waals surface area contributed by atoms with Crippen molar-refractivity contribution in [1.29, 1.82) is 0 Å². The summed E-state index contributed by atoms with van der Waals surface area (Å²) in [6.07, 6.45) is 6.86. The van der Waals surface area contributed by atoms with Crippen molar-refractivity contribution in [2.75, 3.05) is 6.61 Å². The van der Waals surface area contributed by atoms with Gasteiger partial charge in [-0.15, -0.1) is 0 Å². The zero-order valence-electron chi connectivity index (χ0n) is 18.1. The predicted molar refractivity (Wildman–Crippen MR) is 110 cm³/mol. The summed E-state index contributed by atoms with van der Waals surface area (Å²) < 4.78 is 5.12. The molecular formula is C24H32O6. The van der Waals surface area contributed by atoms with Crippen LogP contribution in [0.15, 0.2) is 23.2 Å². The van der Waals surface area contributed by atoms with Gasteiger partial charge in [0.05, 0.1) is 5.41 Å². The van der Waals surface area contributed by atoms with E-state index in [2.05, 4.69) is 6.92 Å². The van der Waals surface area contributed by atoms with E-state index in [4.69, 9.17) is 4.74 Å². The predicted octanol–water partition coefficient (Wildman–Crippen LogP) is 4.20. The minimum atomic E-state index is -0.707. The average Bonchev–Trinajstić information content (AvgIpc) is 3.08. The van der Waals surface area contributed by atoms with Gasteiger partial charge in [-0.1, -0.05) is 19.4 Å². The molecule has 0 spiro atoms. The lowest BCUT2D eigenvalue weighted by molar-refractivity contribution is -0.150. The number of aliphatic hydroxyl groups is 2. The molecule has 0 heterocycles. The Balaban J connectivity index is 1.58. The Hall–Kier alpha value is -2.11. The van der Waals surface area contributed by atoms with Gasteiger partial charge in [0.2, 0.25) is 11.5 Å². The van der Waals surface area contributed by atoms with E-state index in [0.29, 0.717) is 11.8 Å². The molecule has 0 bridgehead atoms. The molecule has 0 amide bonds. The molecule has 2 N–H and O–H groups in total. The van der Waals surface area contributed by atoms with Crippen LogP contribution in [0, 0.1) is 34.5 Å². The van der Waals surface area contributed by atoms with Gasteiger partial charge >= 0.3 is 5.97 Å². The van der Waals surface area contributed by atoms with Crippen LogP contribution in [0.1, 0.15) is 65.7 Å². The van der Waals surface area contributed by atoms with Crippen LogP contribution in [0.2, 0.25) is 0 Å². The summed E-state index contributed by atoms with van der Waals surface area (Å²) in [4.78, 5) is 36.4. The normalized spacial score (nSPS) is 40.2. The summed E-state index contributed by atoms with van der Waals surface area (Å²) in [6.45, 7) is 5.74. The van der Waals surface area contributed by atoms with Crippen LogP contribution in [-0.4, -0.2) is 34.4 Å². The quantitative estimate of drug-likeness (QED) is 0.666. The number of hydrogen-bond acceptors (Lipinski definition) is 6. The van der Waals surface area contributed by atoms with Gasteiger partial charge in [0.25, 0.3) is 0 Å². The minimum absolute atomic E-state index is 0.0199. The lowest BCUT2D eigenvalue weighted by Crippen LogP contribution is -2.52. The fraction of sp³-hybridized carbons (Fsp3) is 0.708. The average molecular weight is 417 g/mol. The highest BCUT2D eigenvalue weighted by atomic mass is 16.5. The van der Waals surface area contributed by atoms with Gasteiger partial charge in [-0.2, -0.15) is 0 Å². The zero-order chi connectivity index (χ0) is 21.8. The number of carbonyl (C=O) groups is 3. The number of aliphatic hydroxyl groups excluding tert-OH is 2. The Morgan fingerprint density at radius 3 is 2.57 bits per heavy atom. The summed E-state index contributed by atoms with van der Waals surface area (Å²) in [5.74, 6) is -0.837. The van der Waals surface area contributed by atoms with Crippen LogP contribution in [0.3, 0.4) is 0 Å². The van der Waals surface area contributed by atoms with E-state index in [1.54, 1.807) is 6.92 Å². The van der Waals surface area contributed by atoms with Crippen molar-refractivity contribution < 1.29 is 29.3 Å². The monoisotopic (exact) mass is 416 g/mol. The van der Waals surface area contributed by atoms with Crippen LogP contribution >= 0.6 is 0 Å². The fourth-order valence-corrected chi connectivity index (χ4v) is 7.25. The molecule has 3 fully saturated rings. The molecule has 4 aliphatic rings. The number of ketones is 2. The molecular weight excluding hydrogens is 384 g/mol. The molecule has 0 saturated heterocycles. The highest BCUT2D eigenvalue weighted by Gasteiger charge is 2.61. The van der Waals surface area contributed by atoms with Crippen LogP contribution in [0.5, 0.6) is 0 Å². The third-order valence-electron chi connectivity index (χ3n) is 8.90. The second-order valence-electron chi connectivity index (χ2n) is 10.0. The van der Waals surface area contributed by atoms with Crippen molar-refractivity contribution in [2.45, 2.75) is 65.7 Å². The standard InChI is InChI=1S/C24H32O6/c1-4-20(27)30-12-19(26)17-8-7-15-14-6-5-13-11-18(25)21(28)22(29)24(13,3)16(14)9-10-23(15,17)2/h11,14-17,28-29H,4-10,12H2,1-3H3/t14-,15-,16-,17-,23-,24-/m0/s1. The van der Waals surface area contributed by atoms with Crippen LogP contribution < -0.4 is 0 Å². The minimum Gasteiger partial charge on any atom is -0.507 e. The number of Topliss-reactive ketones (excluding diaryl/α,β-unsaturated/α-hetero) is 1. The van der Waals surface area contributed by atoms with Gasteiger partial charge in [0.15, 0.2) is 5.78 Å². The van der Waals surface area contributed by atoms with E-state index in [1.807, 2.05) is 6.92 Å². The molecule has 0 aromatic carbocycles. The number of fused-ring (bicyclic) bond motifs is 5. The molecule has 0 aromatic heterocycles. The number of hydrogen-bond donors (Lipinski definition) is 2. The van der Waals surface area contributed by atoms with Crippen molar-refractivity contribution in [2.24, 2.45) is 34.5 Å². The van der Waals surface area contributed by atoms with E-state index in [-0.39, 0.29) is 47.8 Å². The summed E-state index contributed by atoms with van der Waals surface area (Å²) >= 11 is 0. The smallest absolute Gasteiger partial charge is 0.305 e. The van der Waals surface area contributed by atoms with Crippen LogP contribution in [0.25, 0.3) is 0 Å². The Bertz CT molecular complexity index is 854. The fourth-order valence-electron chi connectivity index (χ4n) is 7.25. The summed E-state index contributed by atoms with van der Waals surface area (Å²) in [7, 11) is 0. The second-order valence-corrected chi connectivity index (χ2v) is 10.0. The topological polar surface area (TPSA) is 101 Å². The van der Waals surface area contributed by atoms with Crippen LogP contribution in [0.4, 0.5) is 0 Å². The SMILES string of the molecule is CCC(=O)OCC(=O)[C@@H]1CC[C@H]2[C@@H]3CCC4=CC(=O)C(O)=C(O)[C@]4(C)[C@H]3CC[C@]12C. The van der Waals surface area contributed by atoms with Crippen molar-refractivity contribution in [3.05, 3.63) is 23.2 Å². The van der Waals surface area contributed by atoms with Gasteiger partial charge in [-0.3, -0.25) is 14.4 Å². The first-order valence-electron chi connectivity index (χ1n) is 11.2. The van der Waals surface area contributed by atoms with Crippen molar-refractivity contribution in [1.82, 2.24) is 0 Å². The largest absolute Gasteiger partial charge is 0.507 e. The molecule has 0 unspecified atom stereocenters.